The SMILES string of the molecule is CC(C)CC1CC(=O)OC1C.[B]B([B])[B]. The summed E-state index contributed by atoms with van der Waals surface area (Å²) in [5.41, 5.74) is 0. The number of hydrogen-bond donors (Lipinski definition) is 0. The molecule has 1 fully saturated rings. The topological polar surface area (TPSA) is 26.3 Å². The molecule has 0 aromatic carbocycles. The molecule has 2 unspecified atom stereocenters. The van der Waals surface area contributed by atoms with Gasteiger partial charge in [0, 0.05) is 35.5 Å². The lowest BCUT2D eigenvalue weighted by molar-refractivity contribution is -0.140. The molecule has 1 aliphatic heterocycles. The second-order valence-corrected chi connectivity index (χ2v) is 4.37. The number of rotatable bonds is 2. The normalized spacial score (nSPS) is 24.4. The van der Waals surface area contributed by atoms with Crippen LogP contribution in [-0.2, 0) is 9.53 Å². The third kappa shape index (κ3) is 7.63. The molecule has 1 rings (SSSR count). The van der Waals surface area contributed by atoms with Gasteiger partial charge in [-0.1, -0.05) is 13.8 Å². The van der Waals surface area contributed by atoms with Crippen molar-refractivity contribution in [3.63, 3.8) is 0 Å². The molecule has 1 aliphatic rings. The zero-order valence-corrected chi connectivity index (χ0v) is 9.77. The minimum atomic E-state index is -0.667. The lowest BCUT2D eigenvalue weighted by Crippen LogP contribution is -2.13. The van der Waals surface area contributed by atoms with Gasteiger partial charge in [-0.15, -0.1) is 0 Å². The number of esters is 1. The standard InChI is InChI=1S/C9H16O2.B4/c1-6(2)4-8-5-9(10)11-7(8)3;1-4(2)3/h6-8H,4-5H2,1-3H3;. The molecule has 15 heavy (non-hydrogen) atoms. The first kappa shape index (κ1) is 14.7. The molecule has 0 aliphatic carbocycles. The van der Waals surface area contributed by atoms with E-state index in [1.807, 2.05) is 6.92 Å². The van der Waals surface area contributed by atoms with E-state index in [0.29, 0.717) is 18.3 Å². The van der Waals surface area contributed by atoms with Crippen LogP contribution in [0.25, 0.3) is 0 Å². The molecule has 76 valence electrons. The average molecular weight is 199 g/mol. The molecule has 6 radical (unpaired) electrons. The Morgan fingerprint density at radius 3 is 2.20 bits per heavy atom. The van der Waals surface area contributed by atoms with Gasteiger partial charge in [-0.3, -0.25) is 4.79 Å². The Labute approximate surface area is 97.2 Å². The van der Waals surface area contributed by atoms with E-state index in [4.69, 9.17) is 4.74 Å². The monoisotopic (exact) mass is 200 g/mol. The van der Waals surface area contributed by atoms with Crippen LogP contribution in [0.15, 0.2) is 0 Å². The molecule has 0 aromatic rings. The fraction of sp³-hybridized carbons (Fsp3) is 0.889. The Morgan fingerprint density at radius 1 is 1.47 bits per heavy atom. The number of ether oxygens (including phenoxy) is 1. The molecule has 0 N–H and O–H groups in total. The van der Waals surface area contributed by atoms with Gasteiger partial charge in [0.2, 0.25) is 0 Å². The van der Waals surface area contributed by atoms with Crippen LogP contribution in [-0.4, -0.2) is 41.7 Å². The predicted octanol–water partition coefficient (Wildman–Crippen LogP) is 0.461. The van der Waals surface area contributed by atoms with Crippen LogP contribution < -0.4 is 0 Å². The van der Waals surface area contributed by atoms with Crippen LogP contribution in [0, 0.1) is 11.8 Å². The van der Waals surface area contributed by atoms with Gasteiger partial charge in [-0.2, -0.15) is 0 Å². The zero-order chi connectivity index (χ0) is 12.0. The van der Waals surface area contributed by atoms with Crippen molar-refractivity contribution < 1.29 is 9.53 Å². The summed E-state index contributed by atoms with van der Waals surface area (Å²) in [4.78, 5) is 10.8. The Bertz CT molecular complexity index is 194. The molecule has 1 heterocycles. The predicted molar refractivity (Wildman–Crippen MR) is 66.1 cm³/mol. The fourth-order valence-corrected chi connectivity index (χ4v) is 1.61. The maximum absolute atomic E-state index is 10.8. The summed E-state index contributed by atoms with van der Waals surface area (Å²) < 4.78 is 5.04. The maximum atomic E-state index is 10.8. The van der Waals surface area contributed by atoms with Crippen LogP contribution in [0.4, 0.5) is 0 Å². The average Bonchev–Trinajstić information content (AvgIpc) is 2.27. The molecule has 0 saturated carbocycles. The molecule has 0 aromatic heterocycles. The molecule has 0 spiro atoms. The quantitative estimate of drug-likeness (QED) is 0.477. The van der Waals surface area contributed by atoms with Gasteiger partial charge in [0.25, 0.3) is 0 Å². The smallest absolute Gasteiger partial charge is 0.306 e. The molecule has 0 bridgehead atoms. The number of hydrogen-bond acceptors (Lipinski definition) is 2. The molecule has 6 heteroatoms. The summed E-state index contributed by atoms with van der Waals surface area (Å²) in [6, 6.07) is 0. The molecular weight excluding hydrogens is 183 g/mol. The molecule has 2 nitrogen and oxygen atoms in total. The summed E-state index contributed by atoms with van der Waals surface area (Å²) in [7, 11) is 14.0. The van der Waals surface area contributed by atoms with Crippen LogP contribution in [0.2, 0.25) is 0 Å². The van der Waals surface area contributed by atoms with Gasteiger partial charge >= 0.3 is 5.97 Å². The second-order valence-electron chi connectivity index (χ2n) is 4.37. The van der Waals surface area contributed by atoms with Crippen LogP contribution in [0.1, 0.15) is 33.6 Å². The Balaban J connectivity index is 0.000000423. The highest BCUT2D eigenvalue weighted by molar-refractivity contribution is 7.49. The van der Waals surface area contributed by atoms with E-state index in [2.05, 4.69) is 37.1 Å². The van der Waals surface area contributed by atoms with Crippen LogP contribution in [0.3, 0.4) is 0 Å². The van der Waals surface area contributed by atoms with E-state index in [9.17, 15) is 4.79 Å². The van der Waals surface area contributed by atoms with Crippen LogP contribution in [0.5, 0.6) is 0 Å². The lowest BCUT2D eigenvalue weighted by atomic mass is 9.08. The van der Waals surface area contributed by atoms with E-state index < -0.39 is 6.39 Å². The highest BCUT2D eigenvalue weighted by atomic mass is 16.5. The molecule has 0 amide bonds. The summed E-state index contributed by atoms with van der Waals surface area (Å²) in [6.45, 7) is 6.34. The second kappa shape index (κ2) is 7.08. The minimum Gasteiger partial charge on any atom is -0.462 e. The minimum absolute atomic E-state index is 0.0249. The van der Waals surface area contributed by atoms with Crippen molar-refractivity contribution in [2.75, 3.05) is 0 Å². The van der Waals surface area contributed by atoms with Crippen molar-refractivity contribution in [2.45, 2.75) is 39.7 Å². The van der Waals surface area contributed by atoms with Crippen molar-refractivity contribution in [3.8, 4) is 0 Å². The van der Waals surface area contributed by atoms with E-state index in [0.717, 1.165) is 6.42 Å². The Kier molecular flexibility index (Phi) is 6.95. The van der Waals surface area contributed by atoms with Crippen molar-refractivity contribution in [2.24, 2.45) is 11.8 Å². The molecular formula is C9H16B4O2. The van der Waals surface area contributed by atoms with E-state index in [1.54, 1.807) is 0 Å². The first-order chi connectivity index (χ1) is 6.82. The van der Waals surface area contributed by atoms with Crippen molar-refractivity contribution in [1.29, 1.82) is 0 Å². The number of carbonyl (C=O) groups excluding carboxylic acids is 1. The third-order valence-electron chi connectivity index (χ3n) is 2.18. The highest BCUT2D eigenvalue weighted by Gasteiger charge is 2.31. The summed E-state index contributed by atoms with van der Waals surface area (Å²) in [5, 5.41) is 0. The van der Waals surface area contributed by atoms with Crippen molar-refractivity contribution >= 4 is 35.6 Å². The van der Waals surface area contributed by atoms with Crippen molar-refractivity contribution in [1.82, 2.24) is 0 Å². The number of carbonyl (C=O) groups is 1. The summed E-state index contributed by atoms with van der Waals surface area (Å²) >= 11 is 0. The highest BCUT2D eigenvalue weighted by Crippen LogP contribution is 2.27. The number of cyclic esters (lactones) is 1. The first-order valence-corrected chi connectivity index (χ1v) is 5.29. The summed E-state index contributed by atoms with van der Waals surface area (Å²) in [5.74, 6) is 1.10. The van der Waals surface area contributed by atoms with Gasteiger partial charge in [0.15, 0.2) is 0 Å². The fourth-order valence-electron chi connectivity index (χ4n) is 1.61. The van der Waals surface area contributed by atoms with E-state index in [1.165, 1.54) is 0 Å². The van der Waals surface area contributed by atoms with E-state index >= 15 is 0 Å². The Morgan fingerprint density at radius 2 is 1.93 bits per heavy atom. The molecule has 2 atom stereocenters. The maximum Gasteiger partial charge on any atom is 0.306 e. The summed E-state index contributed by atoms with van der Waals surface area (Å²) in [6.07, 6.45) is 1.21. The lowest BCUT2D eigenvalue weighted by Gasteiger charge is -2.14. The zero-order valence-electron chi connectivity index (χ0n) is 9.77. The Hall–Kier alpha value is -0.270. The van der Waals surface area contributed by atoms with E-state index in [-0.39, 0.29) is 12.1 Å². The first-order valence-electron chi connectivity index (χ1n) is 5.29. The largest absolute Gasteiger partial charge is 0.462 e. The van der Waals surface area contributed by atoms with Gasteiger partial charge < -0.3 is 4.74 Å². The molecule has 1 saturated heterocycles. The van der Waals surface area contributed by atoms with Crippen molar-refractivity contribution in [3.05, 3.63) is 0 Å². The van der Waals surface area contributed by atoms with Gasteiger partial charge in [0.1, 0.15) is 6.10 Å². The van der Waals surface area contributed by atoms with Gasteiger partial charge in [0.05, 0.1) is 6.42 Å². The van der Waals surface area contributed by atoms with Gasteiger partial charge in [-0.25, -0.2) is 0 Å². The van der Waals surface area contributed by atoms with Gasteiger partial charge in [-0.05, 0) is 19.3 Å². The van der Waals surface area contributed by atoms with Crippen LogP contribution >= 0.6 is 0 Å². The third-order valence-corrected chi connectivity index (χ3v) is 2.18.